The van der Waals surface area contributed by atoms with Gasteiger partial charge in [0.1, 0.15) is 6.04 Å². The predicted molar refractivity (Wildman–Crippen MR) is 74.1 cm³/mol. The number of thioether (sulfide) groups is 1. The second-order valence-electron chi connectivity index (χ2n) is 4.15. The molecule has 4 nitrogen and oxygen atoms in total. The number of halogens is 3. The molecule has 1 aromatic heterocycles. The summed E-state index contributed by atoms with van der Waals surface area (Å²) < 4.78 is 41.8. The average Bonchev–Trinajstić information content (AvgIpc) is 2.45. The number of ether oxygens (including phenoxy) is 1. The molecule has 0 bridgehead atoms. The SMILES string of the molecule is CCNC(CCSc1ccc(C(F)(F)F)cn1)C(=O)OC. The molecule has 0 amide bonds. The van der Waals surface area contributed by atoms with Crippen molar-refractivity contribution in [1.82, 2.24) is 10.3 Å². The van der Waals surface area contributed by atoms with Crippen molar-refractivity contribution in [3.63, 3.8) is 0 Å². The molecule has 0 aliphatic rings. The monoisotopic (exact) mass is 322 g/mol. The van der Waals surface area contributed by atoms with Gasteiger partial charge in [-0.05, 0) is 25.1 Å². The fraction of sp³-hybridized carbons (Fsp3) is 0.538. The van der Waals surface area contributed by atoms with E-state index in [1.807, 2.05) is 6.92 Å². The maximum absolute atomic E-state index is 12.4. The number of methoxy groups -OCH3 is 1. The Labute approximate surface area is 125 Å². The van der Waals surface area contributed by atoms with Gasteiger partial charge in [-0.15, -0.1) is 11.8 Å². The third-order valence-corrected chi connectivity index (χ3v) is 3.63. The summed E-state index contributed by atoms with van der Waals surface area (Å²) in [6, 6.07) is 1.91. The topological polar surface area (TPSA) is 51.2 Å². The van der Waals surface area contributed by atoms with E-state index in [9.17, 15) is 18.0 Å². The third kappa shape index (κ3) is 5.92. The third-order valence-electron chi connectivity index (χ3n) is 2.66. The Morgan fingerprint density at radius 1 is 1.48 bits per heavy atom. The van der Waals surface area contributed by atoms with Crippen LogP contribution in [0.1, 0.15) is 18.9 Å². The van der Waals surface area contributed by atoms with Crippen LogP contribution in [0.2, 0.25) is 0 Å². The Morgan fingerprint density at radius 3 is 2.67 bits per heavy atom. The van der Waals surface area contributed by atoms with Crippen LogP contribution in [0.15, 0.2) is 23.4 Å². The van der Waals surface area contributed by atoms with Gasteiger partial charge in [0, 0.05) is 11.9 Å². The van der Waals surface area contributed by atoms with E-state index in [0.717, 1.165) is 12.3 Å². The van der Waals surface area contributed by atoms with Crippen LogP contribution in [0.4, 0.5) is 13.2 Å². The zero-order valence-corrected chi connectivity index (χ0v) is 12.6. The second-order valence-corrected chi connectivity index (χ2v) is 5.27. The average molecular weight is 322 g/mol. The number of alkyl halides is 3. The molecule has 1 heterocycles. The summed E-state index contributed by atoms with van der Waals surface area (Å²) in [6.45, 7) is 2.50. The van der Waals surface area contributed by atoms with E-state index >= 15 is 0 Å². The van der Waals surface area contributed by atoms with E-state index in [1.165, 1.54) is 24.9 Å². The molecule has 0 aliphatic heterocycles. The van der Waals surface area contributed by atoms with Crippen molar-refractivity contribution in [2.45, 2.75) is 30.6 Å². The van der Waals surface area contributed by atoms with Gasteiger partial charge in [-0.3, -0.25) is 4.79 Å². The zero-order valence-electron chi connectivity index (χ0n) is 11.7. The molecule has 0 aliphatic carbocycles. The number of carbonyl (C=O) groups is 1. The van der Waals surface area contributed by atoms with Gasteiger partial charge in [0.2, 0.25) is 0 Å². The Bertz CT molecular complexity index is 452. The number of carbonyl (C=O) groups excluding carboxylic acids is 1. The first-order chi connectivity index (χ1) is 9.88. The lowest BCUT2D eigenvalue weighted by atomic mass is 10.2. The molecule has 0 saturated carbocycles. The Kier molecular flexibility index (Phi) is 6.97. The summed E-state index contributed by atoms with van der Waals surface area (Å²) in [5, 5.41) is 3.48. The smallest absolute Gasteiger partial charge is 0.417 e. The van der Waals surface area contributed by atoms with E-state index in [0.29, 0.717) is 23.7 Å². The van der Waals surface area contributed by atoms with Gasteiger partial charge in [-0.1, -0.05) is 6.92 Å². The molecular weight excluding hydrogens is 305 g/mol. The molecule has 8 heteroatoms. The minimum atomic E-state index is -4.38. The highest BCUT2D eigenvalue weighted by atomic mass is 32.2. The minimum absolute atomic E-state index is 0.349. The van der Waals surface area contributed by atoms with Crippen molar-refractivity contribution in [2.75, 3.05) is 19.4 Å². The minimum Gasteiger partial charge on any atom is -0.468 e. The lowest BCUT2D eigenvalue weighted by Gasteiger charge is -2.14. The number of rotatable bonds is 7. The van der Waals surface area contributed by atoms with Gasteiger partial charge in [0.15, 0.2) is 0 Å². The first-order valence-electron chi connectivity index (χ1n) is 6.35. The van der Waals surface area contributed by atoms with Crippen molar-refractivity contribution in [2.24, 2.45) is 0 Å². The molecule has 118 valence electrons. The van der Waals surface area contributed by atoms with Gasteiger partial charge < -0.3 is 10.1 Å². The van der Waals surface area contributed by atoms with E-state index in [1.54, 1.807) is 0 Å². The first-order valence-corrected chi connectivity index (χ1v) is 7.34. The van der Waals surface area contributed by atoms with Crippen molar-refractivity contribution in [1.29, 1.82) is 0 Å². The van der Waals surface area contributed by atoms with Crippen molar-refractivity contribution >= 4 is 17.7 Å². The van der Waals surface area contributed by atoms with Crippen LogP contribution in [-0.2, 0) is 15.7 Å². The van der Waals surface area contributed by atoms with E-state index < -0.39 is 17.8 Å². The highest BCUT2D eigenvalue weighted by molar-refractivity contribution is 7.99. The van der Waals surface area contributed by atoms with Crippen molar-refractivity contribution < 1.29 is 22.7 Å². The molecule has 1 unspecified atom stereocenters. The predicted octanol–water partition coefficient (Wildman–Crippen LogP) is 2.73. The largest absolute Gasteiger partial charge is 0.468 e. The first kappa shape index (κ1) is 17.8. The number of esters is 1. The van der Waals surface area contributed by atoms with Crippen LogP contribution in [0.5, 0.6) is 0 Å². The van der Waals surface area contributed by atoms with Gasteiger partial charge in [0.25, 0.3) is 0 Å². The van der Waals surface area contributed by atoms with Gasteiger partial charge in [-0.25, -0.2) is 4.98 Å². The standard InChI is InChI=1S/C13H17F3N2O2S/c1-3-17-10(12(19)20-2)6-7-21-11-5-4-9(8-18-11)13(14,15)16/h4-5,8,10,17H,3,6-7H2,1-2H3. The molecular formula is C13H17F3N2O2S. The van der Waals surface area contributed by atoms with Crippen LogP contribution in [0, 0.1) is 0 Å². The van der Waals surface area contributed by atoms with Crippen molar-refractivity contribution in [3.05, 3.63) is 23.9 Å². The van der Waals surface area contributed by atoms with Gasteiger partial charge >= 0.3 is 12.1 Å². The van der Waals surface area contributed by atoms with Crippen molar-refractivity contribution in [3.8, 4) is 0 Å². The Hall–Kier alpha value is -1.28. The van der Waals surface area contributed by atoms with Crippen LogP contribution in [0.3, 0.4) is 0 Å². The summed E-state index contributed by atoms with van der Waals surface area (Å²) >= 11 is 1.30. The summed E-state index contributed by atoms with van der Waals surface area (Å²) in [5.41, 5.74) is -0.771. The number of hydrogen-bond acceptors (Lipinski definition) is 5. The van der Waals surface area contributed by atoms with Gasteiger partial charge in [-0.2, -0.15) is 13.2 Å². The molecule has 21 heavy (non-hydrogen) atoms. The summed E-state index contributed by atoms with van der Waals surface area (Å²) in [4.78, 5) is 15.2. The fourth-order valence-corrected chi connectivity index (χ4v) is 2.46. The van der Waals surface area contributed by atoms with Crippen LogP contribution < -0.4 is 5.32 Å². The molecule has 1 N–H and O–H groups in total. The van der Waals surface area contributed by atoms with E-state index in [-0.39, 0.29) is 5.97 Å². The van der Waals surface area contributed by atoms with Crippen LogP contribution in [-0.4, -0.2) is 36.4 Å². The number of likely N-dealkylation sites (N-methyl/N-ethyl adjacent to an activating group) is 1. The fourth-order valence-electron chi connectivity index (χ4n) is 1.61. The molecule has 0 radical (unpaired) electrons. The van der Waals surface area contributed by atoms with E-state index in [4.69, 9.17) is 0 Å². The maximum atomic E-state index is 12.4. The second kappa shape index (κ2) is 8.23. The number of nitrogens with zero attached hydrogens (tertiary/aromatic N) is 1. The number of nitrogens with one attached hydrogen (secondary N) is 1. The lowest BCUT2D eigenvalue weighted by molar-refractivity contribution is -0.143. The molecule has 0 fully saturated rings. The molecule has 0 aromatic carbocycles. The molecule has 0 saturated heterocycles. The highest BCUT2D eigenvalue weighted by Crippen LogP contribution is 2.29. The normalized spacial score (nSPS) is 13.0. The molecule has 1 aromatic rings. The van der Waals surface area contributed by atoms with Gasteiger partial charge in [0.05, 0.1) is 17.7 Å². The van der Waals surface area contributed by atoms with E-state index in [2.05, 4.69) is 15.0 Å². The summed E-state index contributed by atoms with van der Waals surface area (Å²) in [6.07, 6.45) is -3.06. The molecule has 1 atom stereocenters. The lowest BCUT2D eigenvalue weighted by Crippen LogP contribution is -2.37. The quantitative estimate of drug-likeness (QED) is 0.618. The number of aromatic nitrogens is 1. The Balaban J connectivity index is 2.49. The highest BCUT2D eigenvalue weighted by Gasteiger charge is 2.30. The van der Waals surface area contributed by atoms with Crippen LogP contribution >= 0.6 is 11.8 Å². The number of hydrogen-bond donors (Lipinski definition) is 1. The number of pyridine rings is 1. The molecule has 0 spiro atoms. The summed E-state index contributed by atoms with van der Waals surface area (Å²) in [5.74, 6) is 0.198. The zero-order chi connectivity index (χ0) is 15.9. The maximum Gasteiger partial charge on any atom is 0.417 e. The molecule has 1 rings (SSSR count). The summed E-state index contributed by atoms with van der Waals surface area (Å²) in [7, 11) is 1.32. The Morgan fingerprint density at radius 2 is 2.19 bits per heavy atom. The van der Waals surface area contributed by atoms with Crippen LogP contribution in [0.25, 0.3) is 0 Å².